The number of para-hydroxylation sites is 1. The summed E-state index contributed by atoms with van der Waals surface area (Å²) >= 11 is 0. The zero-order valence-corrected chi connectivity index (χ0v) is 17.6. The molecule has 4 rings (SSSR count). The van der Waals surface area contributed by atoms with Gasteiger partial charge in [-0.2, -0.15) is 13.2 Å². The van der Waals surface area contributed by atoms with Crippen LogP contribution in [0, 0.1) is 5.82 Å². The minimum absolute atomic E-state index is 0.0834. The first kappa shape index (κ1) is 23.0. The number of hydrogen-bond acceptors (Lipinski definition) is 4. The van der Waals surface area contributed by atoms with E-state index < -0.39 is 29.3 Å². The summed E-state index contributed by atoms with van der Waals surface area (Å²) in [5, 5.41) is 9.37. The standard InChI is InChI=1S/C24H18F4N4O2/c25-18-10-12-19(13-11-18)32-22(24(26,27)28)21(30-31-32)23(33)29-14-17-8-4-5-9-20(17)34-15-16-6-2-1-3-7-16/h1-13H,14-15H2,(H,29,33). The summed E-state index contributed by atoms with van der Waals surface area (Å²) in [6.45, 7) is 0.195. The highest BCUT2D eigenvalue weighted by Gasteiger charge is 2.42. The van der Waals surface area contributed by atoms with Gasteiger partial charge in [0.05, 0.1) is 5.69 Å². The van der Waals surface area contributed by atoms with Gasteiger partial charge < -0.3 is 10.1 Å². The van der Waals surface area contributed by atoms with E-state index in [1.165, 1.54) is 0 Å². The molecule has 0 atom stereocenters. The van der Waals surface area contributed by atoms with Crippen LogP contribution in [0.1, 0.15) is 27.3 Å². The average Bonchev–Trinajstić information content (AvgIpc) is 3.29. The Bertz CT molecular complexity index is 1270. The summed E-state index contributed by atoms with van der Waals surface area (Å²) in [6.07, 6.45) is -4.93. The molecule has 1 N–H and O–H groups in total. The van der Waals surface area contributed by atoms with E-state index in [-0.39, 0.29) is 18.8 Å². The van der Waals surface area contributed by atoms with Crippen LogP contribution in [-0.2, 0) is 19.3 Å². The smallest absolute Gasteiger partial charge is 0.435 e. The van der Waals surface area contributed by atoms with Gasteiger partial charge in [0.15, 0.2) is 11.4 Å². The second kappa shape index (κ2) is 9.74. The molecular weight excluding hydrogens is 452 g/mol. The molecule has 0 saturated carbocycles. The molecule has 10 heteroatoms. The summed E-state index contributed by atoms with van der Waals surface area (Å²) in [7, 11) is 0. The van der Waals surface area contributed by atoms with Crippen molar-refractivity contribution < 1.29 is 27.1 Å². The lowest BCUT2D eigenvalue weighted by Gasteiger charge is -2.13. The molecule has 4 aromatic rings. The molecule has 1 aromatic heterocycles. The van der Waals surface area contributed by atoms with E-state index >= 15 is 0 Å². The topological polar surface area (TPSA) is 69.0 Å². The van der Waals surface area contributed by atoms with Gasteiger partial charge in [-0.05, 0) is 35.9 Å². The van der Waals surface area contributed by atoms with Crippen molar-refractivity contribution in [2.24, 2.45) is 0 Å². The molecular formula is C24H18F4N4O2. The van der Waals surface area contributed by atoms with E-state index in [2.05, 4.69) is 15.6 Å². The molecule has 0 fully saturated rings. The van der Waals surface area contributed by atoms with Crippen molar-refractivity contribution in [1.29, 1.82) is 0 Å². The summed E-state index contributed by atoms with van der Waals surface area (Å²) in [5.74, 6) is -1.19. The van der Waals surface area contributed by atoms with Crippen molar-refractivity contribution in [2.75, 3.05) is 0 Å². The van der Waals surface area contributed by atoms with Crippen LogP contribution in [0.2, 0.25) is 0 Å². The van der Waals surface area contributed by atoms with Gasteiger partial charge in [-0.25, -0.2) is 9.07 Å². The van der Waals surface area contributed by atoms with E-state index in [1.54, 1.807) is 24.3 Å². The zero-order valence-electron chi connectivity index (χ0n) is 17.6. The number of carbonyl (C=O) groups excluding carboxylic acids is 1. The van der Waals surface area contributed by atoms with Crippen molar-refractivity contribution in [3.05, 3.63) is 107 Å². The largest absolute Gasteiger partial charge is 0.489 e. The highest BCUT2D eigenvalue weighted by atomic mass is 19.4. The predicted octanol–water partition coefficient (Wildman–Crippen LogP) is 4.93. The minimum Gasteiger partial charge on any atom is -0.489 e. The van der Waals surface area contributed by atoms with E-state index in [0.29, 0.717) is 16.0 Å². The fourth-order valence-corrected chi connectivity index (χ4v) is 3.24. The lowest BCUT2D eigenvalue weighted by atomic mass is 10.2. The van der Waals surface area contributed by atoms with Crippen LogP contribution in [0.5, 0.6) is 5.75 Å². The van der Waals surface area contributed by atoms with Gasteiger partial charge in [0.25, 0.3) is 5.91 Å². The van der Waals surface area contributed by atoms with Crippen LogP contribution >= 0.6 is 0 Å². The molecule has 0 radical (unpaired) electrons. The molecule has 174 valence electrons. The molecule has 0 saturated heterocycles. The maximum Gasteiger partial charge on any atom is 0.435 e. The van der Waals surface area contributed by atoms with Crippen LogP contribution < -0.4 is 10.1 Å². The number of hydrogen-bond donors (Lipinski definition) is 1. The summed E-state index contributed by atoms with van der Waals surface area (Å²) in [4.78, 5) is 12.6. The molecule has 6 nitrogen and oxygen atoms in total. The molecule has 0 aliphatic carbocycles. The van der Waals surface area contributed by atoms with Crippen LogP contribution in [0.3, 0.4) is 0 Å². The van der Waals surface area contributed by atoms with Crippen molar-refractivity contribution >= 4 is 5.91 Å². The zero-order chi connectivity index (χ0) is 24.1. The molecule has 0 unspecified atom stereocenters. The van der Waals surface area contributed by atoms with Gasteiger partial charge in [-0.1, -0.05) is 53.7 Å². The first-order valence-electron chi connectivity index (χ1n) is 10.1. The Hall–Kier alpha value is -4.21. The van der Waals surface area contributed by atoms with Crippen molar-refractivity contribution in [3.63, 3.8) is 0 Å². The number of benzene rings is 3. The maximum absolute atomic E-state index is 13.8. The number of ether oxygens (including phenoxy) is 1. The molecule has 3 aromatic carbocycles. The highest BCUT2D eigenvalue weighted by molar-refractivity contribution is 5.93. The minimum atomic E-state index is -4.93. The molecule has 0 aliphatic rings. The number of nitrogens with zero attached hydrogens (tertiary/aromatic N) is 3. The highest BCUT2D eigenvalue weighted by Crippen LogP contribution is 2.33. The average molecular weight is 470 g/mol. The Morgan fingerprint density at radius 1 is 0.941 bits per heavy atom. The number of halogens is 4. The van der Waals surface area contributed by atoms with Crippen LogP contribution in [0.4, 0.5) is 17.6 Å². The second-order valence-electron chi connectivity index (χ2n) is 7.24. The molecule has 0 bridgehead atoms. The third kappa shape index (κ3) is 5.22. The van der Waals surface area contributed by atoms with Crippen LogP contribution in [0.25, 0.3) is 5.69 Å². The van der Waals surface area contributed by atoms with Crippen molar-refractivity contribution in [2.45, 2.75) is 19.3 Å². The van der Waals surface area contributed by atoms with Gasteiger partial charge in [-0.3, -0.25) is 4.79 Å². The Morgan fingerprint density at radius 2 is 1.62 bits per heavy atom. The Labute approximate surface area is 191 Å². The first-order valence-corrected chi connectivity index (χ1v) is 10.1. The fraction of sp³-hybridized carbons (Fsp3) is 0.125. The number of amides is 1. The molecule has 0 aliphatic heterocycles. The second-order valence-corrected chi connectivity index (χ2v) is 7.24. The van der Waals surface area contributed by atoms with Crippen molar-refractivity contribution in [3.8, 4) is 11.4 Å². The van der Waals surface area contributed by atoms with Crippen LogP contribution in [-0.4, -0.2) is 20.9 Å². The molecule has 1 amide bonds. The monoisotopic (exact) mass is 470 g/mol. The van der Waals surface area contributed by atoms with Gasteiger partial charge in [0.2, 0.25) is 0 Å². The molecule has 34 heavy (non-hydrogen) atoms. The van der Waals surface area contributed by atoms with Gasteiger partial charge in [0, 0.05) is 12.1 Å². The van der Waals surface area contributed by atoms with Gasteiger partial charge in [-0.15, -0.1) is 5.10 Å². The third-order valence-electron chi connectivity index (χ3n) is 4.87. The number of alkyl halides is 3. The third-order valence-corrected chi connectivity index (χ3v) is 4.87. The van der Waals surface area contributed by atoms with E-state index in [1.807, 2.05) is 30.3 Å². The fourth-order valence-electron chi connectivity index (χ4n) is 3.24. The first-order chi connectivity index (χ1) is 16.3. The van der Waals surface area contributed by atoms with E-state index in [9.17, 15) is 22.4 Å². The normalized spacial score (nSPS) is 11.3. The number of nitrogens with one attached hydrogen (secondary N) is 1. The number of rotatable bonds is 7. The summed E-state index contributed by atoms with van der Waals surface area (Å²) < 4.78 is 60.8. The lowest BCUT2D eigenvalue weighted by molar-refractivity contribution is -0.143. The molecule has 1 heterocycles. The lowest BCUT2D eigenvalue weighted by Crippen LogP contribution is -2.27. The summed E-state index contributed by atoms with van der Waals surface area (Å²) in [6, 6.07) is 20.5. The Kier molecular flexibility index (Phi) is 6.58. The van der Waals surface area contributed by atoms with E-state index in [4.69, 9.17) is 4.74 Å². The summed E-state index contributed by atoms with van der Waals surface area (Å²) in [5.41, 5.74) is -0.815. The Morgan fingerprint density at radius 3 is 2.32 bits per heavy atom. The van der Waals surface area contributed by atoms with E-state index in [0.717, 1.165) is 29.8 Å². The number of aromatic nitrogens is 3. The van der Waals surface area contributed by atoms with Crippen LogP contribution in [0.15, 0.2) is 78.9 Å². The number of carbonyl (C=O) groups is 1. The maximum atomic E-state index is 13.8. The van der Waals surface area contributed by atoms with Gasteiger partial charge >= 0.3 is 6.18 Å². The SMILES string of the molecule is O=C(NCc1ccccc1OCc1ccccc1)c1nnn(-c2ccc(F)cc2)c1C(F)(F)F. The quantitative estimate of drug-likeness (QED) is 0.389. The van der Waals surface area contributed by atoms with Crippen molar-refractivity contribution in [1.82, 2.24) is 20.3 Å². The Balaban J connectivity index is 1.52. The molecule has 0 spiro atoms. The predicted molar refractivity (Wildman–Crippen MR) is 115 cm³/mol. The van der Waals surface area contributed by atoms with Gasteiger partial charge in [0.1, 0.15) is 18.2 Å².